The average Bonchev–Trinajstić information content (AvgIpc) is 2.28. The summed E-state index contributed by atoms with van der Waals surface area (Å²) in [6.45, 7) is 1.63. The van der Waals surface area contributed by atoms with E-state index in [-0.39, 0.29) is 10.9 Å². The second kappa shape index (κ2) is 5.41. The maximum Gasteiger partial charge on any atom is 0.270 e. The molecule has 1 rings (SSSR count). The average molecular weight is 226 g/mol. The highest BCUT2D eigenvalue weighted by molar-refractivity contribution is 6.44. The molecule has 0 spiro atoms. The second-order valence-electron chi connectivity index (χ2n) is 2.89. The lowest BCUT2D eigenvalue weighted by molar-refractivity contribution is -0.112. The van der Waals surface area contributed by atoms with Crippen molar-refractivity contribution in [3.8, 4) is 0 Å². The molecule has 1 N–H and O–H groups in total. The summed E-state index contributed by atoms with van der Waals surface area (Å²) >= 11 is 5.77. The summed E-state index contributed by atoms with van der Waals surface area (Å²) in [5.74, 6) is 0.0207. The van der Waals surface area contributed by atoms with Crippen LogP contribution in [0, 0.1) is 0 Å². The zero-order valence-electron chi connectivity index (χ0n) is 8.58. The van der Waals surface area contributed by atoms with Gasteiger partial charge in [0.05, 0.1) is 7.11 Å². The first kappa shape index (κ1) is 11.6. The normalized spacial score (nSPS) is 11.7. The highest BCUT2D eigenvalue weighted by Gasteiger charge is 2.10. The number of halogens is 1. The van der Waals surface area contributed by atoms with Gasteiger partial charge in [-0.15, -0.1) is 0 Å². The first-order chi connectivity index (χ1) is 7.15. The number of hydrogen-bond donors (Lipinski definition) is 1. The van der Waals surface area contributed by atoms with Crippen LogP contribution in [-0.4, -0.2) is 13.0 Å². The number of ether oxygens (including phenoxy) is 1. The number of benzene rings is 1. The molecule has 0 aliphatic rings. The second-order valence-corrected chi connectivity index (χ2v) is 3.27. The molecule has 15 heavy (non-hydrogen) atoms. The molecule has 1 amide bonds. The van der Waals surface area contributed by atoms with Gasteiger partial charge in [0.1, 0.15) is 10.8 Å². The highest BCUT2D eigenvalue weighted by atomic mass is 35.5. The Bertz CT molecular complexity index is 373. The van der Waals surface area contributed by atoms with Crippen LogP contribution in [0.3, 0.4) is 0 Å². The van der Waals surface area contributed by atoms with Crippen LogP contribution in [0.1, 0.15) is 6.92 Å². The van der Waals surface area contributed by atoms with Crippen LogP contribution >= 0.6 is 11.6 Å². The molecule has 1 aromatic carbocycles. The van der Waals surface area contributed by atoms with Gasteiger partial charge >= 0.3 is 0 Å². The molecular formula is C11H12ClNO2. The maximum atomic E-state index is 11.5. The molecule has 1 aromatic rings. The van der Waals surface area contributed by atoms with E-state index in [1.54, 1.807) is 19.1 Å². The molecule has 0 aliphatic carbocycles. The van der Waals surface area contributed by atoms with Crippen molar-refractivity contribution in [1.82, 2.24) is 0 Å². The van der Waals surface area contributed by atoms with Crippen molar-refractivity contribution in [3.05, 3.63) is 41.1 Å². The van der Waals surface area contributed by atoms with Crippen molar-refractivity contribution in [2.24, 2.45) is 0 Å². The van der Waals surface area contributed by atoms with Gasteiger partial charge in [0, 0.05) is 5.69 Å². The largest absolute Gasteiger partial charge is 0.500 e. The molecule has 0 aliphatic heterocycles. The summed E-state index contributed by atoms with van der Waals surface area (Å²) in [4.78, 5) is 11.5. The Morgan fingerprint density at radius 2 is 1.93 bits per heavy atom. The highest BCUT2D eigenvalue weighted by Crippen LogP contribution is 2.13. The number of carbonyl (C=O) groups is 1. The predicted octanol–water partition coefficient (Wildman–Crippen LogP) is 2.74. The van der Waals surface area contributed by atoms with Crippen molar-refractivity contribution in [3.63, 3.8) is 0 Å². The van der Waals surface area contributed by atoms with Gasteiger partial charge in [-0.3, -0.25) is 4.79 Å². The van der Waals surface area contributed by atoms with Gasteiger partial charge in [-0.25, -0.2) is 0 Å². The van der Waals surface area contributed by atoms with Crippen LogP contribution in [-0.2, 0) is 9.53 Å². The van der Waals surface area contributed by atoms with Crippen molar-refractivity contribution in [2.45, 2.75) is 6.92 Å². The van der Waals surface area contributed by atoms with Crippen LogP contribution in [0.2, 0.25) is 0 Å². The zero-order chi connectivity index (χ0) is 11.3. The van der Waals surface area contributed by atoms with Crippen LogP contribution in [0.15, 0.2) is 41.1 Å². The molecule has 3 nitrogen and oxygen atoms in total. The molecule has 0 atom stereocenters. The van der Waals surface area contributed by atoms with Crippen molar-refractivity contribution >= 4 is 23.2 Å². The third-order valence-electron chi connectivity index (χ3n) is 1.85. The monoisotopic (exact) mass is 225 g/mol. The van der Waals surface area contributed by atoms with Crippen molar-refractivity contribution < 1.29 is 9.53 Å². The van der Waals surface area contributed by atoms with Gasteiger partial charge in [-0.05, 0) is 19.1 Å². The van der Waals surface area contributed by atoms with Crippen molar-refractivity contribution in [1.29, 1.82) is 0 Å². The summed E-state index contributed by atoms with van der Waals surface area (Å²) in [6.07, 6.45) is 0. The Kier molecular flexibility index (Phi) is 4.18. The Labute approximate surface area is 93.7 Å². The third-order valence-corrected chi connectivity index (χ3v) is 2.28. The number of amides is 1. The minimum absolute atomic E-state index is 0.0568. The molecule has 0 bridgehead atoms. The van der Waals surface area contributed by atoms with Gasteiger partial charge < -0.3 is 10.1 Å². The number of para-hydroxylation sites is 1. The Balaban J connectivity index is 2.73. The van der Waals surface area contributed by atoms with E-state index in [0.717, 1.165) is 0 Å². The van der Waals surface area contributed by atoms with Gasteiger partial charge in [-0.2, -0.15) is 0 Å². The fourth-order valence-electron chi connectivity index (χ4n) is 0.957. The lowest BCUT2D eigenvalue weighted by atomic mass is 10.3. The van der Waals surface area contributed by atoms with E-state index in [4.69, 9.17) is 16.3 Å². The van der Waals surface area contributed by atoms with E-state index < -0.39 is 0 Å². The summed E-state index contributed by atoms with van der Waals surface area (Å²) < 4.78 is 4.86. The molecule has 0 unspecified atom stereocenters. The molecule has 0 fully saturated rings. The molecule has 80 valence electrons. The van der Waals surface area contributed by atoms with E-state index in [9.17, 15) is 4.79 Å². The topological polar surface area (TPSA) is 38.3 Å². The van der Waals surface area contributed by atoms with Crippen LogP contribution in [0.25, 0.3) is 0 Å². The Hall–Kier alpha value is -1.48. The van der Waals surface area contributed by atoms with Gasteiger partial charge in [-0.1, -0.05) is 29.8 Å². The third kappa shape index (κ3) is 3.29. The Morgan fingerprint density at radius 3 is 2.47 bits per heavy atom. The van der Waals surface area contributed by atoms with E-state index in [0.29, 0.717) is 11.4 Å². The molecule has 0 saturated heterocycles. The lowest BCUT2D eigenvalue weighted by Crippen LogP contribution is -2.12. The quantitative estimate of drug-likeness (QED) is 0.635. The summed E-state index contributed by atoms with van der Waals surface area (Å²) in [7, 11) is 1.47. The predicted molar refractivity (Wildman–Crippen MR) is 60.6 cm³/mol. The zero-order valence-corrected chi connectivity index (χ0v) is 9.34. The Morgan fingerprint density at radius 1 is 1.33 bits per heavy atom. The fraction of sp³-hybridized carbons (Fsp3) is 0.182. The van der Waals surface area contributed by atoms with E-state index >= 15 is 0 Å². The maximum absolute atomic E-state index is 11.5. The first-order valence-electron chi connectivity index (χ1n) is 4.42. The van der Waals surface area contributed by atoms with Crippen LogP contribution in [0.5, 0.6) is 0 Å². The van der Waals surface area contributed by atoms with E-state index in [1.807, 2.05) is 18.2 Å². The number of rotatable bonds is 3. The van der Waals surface area contributed by atoms with E-state index in [1.165, 1.54) is 7.11 Å². The summed E-state index contributed by atoms with van der Waals surface area (Å²) in [5.41, 5.74) is 0.699. The van der Waals surface area contributed by atoms with Crippen molar-refractivity contribution in [2.75, 3.05) is 12.4 Å². The number of nitrogens with one attached hydrogen (secondary N) is 1. The smallest absolute Gasteiger partial charge is 0.270 e. The molecule has 0 heterocycles. The first-order valence-corrected chi connectivity index (χ1v) is 4.79. The molecule has 0 aromatic heterocycles. The SMILES string of the molecule is CO/C(C)=C(/Cl)C(=O)Nc1ccccc1. The van der Waals surface area contributed by atoms with Gasteiger partial charge in [0.25, 0.3) is 5.91 Å². The van der Waals surface area contributed by atoms with Crippen LogP contribution < -0.4 is 5.32 Å². The number of anilines is 1. The fourth-order valence-corrected chi connectivity index (χ4v) is 1.08. The van der Waals surface area contributed by atoms with Gasteiger partial charge in [0.2, 0.25) is 0 Å². The number of methoxy groups -OCH3 is 1. The number of allylic oxidation sites excluding steroid dienone is 1. The summed E-state index contributed by atoms with van der Waals surface area (Å²) in [6, 6.07) is 9.09. The van der Waals surface area contributed by atoms with Gasteiger partial charge in [0.15, 0.2) is 0 Å². The standard InChI is InChI=1S/C11H12ClNO2/c1-8(15-2)10(12)11(14)13-9-6-4-3-5-7-9/h3-7H,1-2H3,(H,13,14)/b10-8+. The minimum Gasteiger partial charge on any atom is -0.500 e. The van der Waals surface area contributed by atoms with Crippen LogP contribution in [0.4, 0.5) is 5.69 Å². The minimum atomic E-state index is -0.373. The number of hydrogen-bond acceptors (Lipinski definition) is 2. The summed E-state index contributed by atoms with van der Waals surface area (Å²) in [5, 5.41) is 2.70. The molecule has 0 radical (unpaired) electrons. The molecular weight excluding hydrogens is 214 g/mol. The lowest BCUT2D eigenvalue weighted by Gasteiger charge is -2.06. The number of carbonyl (C=O) groups excluding carboxylic acids is 1. The van der Waals surface area contributed by atoms with E-state index in [2.05, 4.69) is 5.32 Å². The molecule has 0 saturated carbocycles. The molecule has 4 heteroatoms.